The second-order valence-corrected chi connectivity index (χ2v) is 16.7. The molecular weight excluding hydrogens is 801 g/mol. The number of carboxylic acid groups (broad SMARTS) is 1. The van der Waals surface area contributed by atoms with Gasteiger partial charge in [-0.15, -0.1) is 0 Å². The third-order valence-corrected chi connectivity index (χ3v) is 9.58. The third-order valence-electron chi connectivity index (χ3n) is 9.58. The molecule has 2 N–H and O–H groups in total. The quantitative estimate of drug-likeness (QED) is 0.127. The van der Waals surface area contributed by atoms with Crippen LogP contribution in [0.5, 0.6) is 0 Å². The molecule has 17 heteroatoms. The number of carbonyl (C=O) groups excluding carboxylic acids is 5. The molecule has 1 aliphatic carbocycles. The van der Waals surface area contributed by atoms with Crippen molar-refractivity contribution in [2.75, 3.05) is 40.3 Å². The number of hydrogen-bond acceptors (Lipinski definition) is 9. The SMILES string of the molecule is CN(CC(=O)OC(C)(C)C)C(=O)[C@H](Cc1ccc(C(F)(F)F)cc1)N(CCNC(=O)OC(C)(C)C)C(=O)[C@H](CC(=O)O)N(C)C(=O)OCC1c2ccccc2-c2ccccc21. The number of alkyl carbamates (subject to hydrolysis) is 1. The maximum absolute atomic E-state index is 14.8. The first kappa shape index (κ1) is 47.5. The zero-order valence-corrected chi connectivity index (χ0v) is 35.5. The van der Waals surface area contributed by atoms with Gasteiger partial charge in [0.1, 0.15) is 36.4 Å². The highest BCUT2D eigenvalue weighted by Crippen LogP contribution is 2.44. The molecule has 0 radical (unpaired) electrons. The number of aliphatic carboxylic acids is 1. The fourth-order valence-corrected chi connectivity index (χ4v) is 6.87. The molecular formula is C44H53F3N4O10. The van der Waals surface area contributed by atoms with Gasteiger partial charge in [-0.05, 0) is 81.5 Å². The van der Waals surface area contributed by atoms with Crippen LogP contribution in [0, 0.1) is 0 Å². The Morgan fingerprint density at radius 3 is 1.80 bits per heavy atom. The van der Waals surface area contributed by atoms with Crippen molar-refractivity contribution >= 4 is 35.9 Å². The number of hydrogen-bond donors (Lipinski definition) is 2. The Kier molecular flexibility index (Phi) is 15.2. The first-order valence-corrected chi connectivity index (χ1v) is 19.6. The van der Waals surface area contributed by atoms with Crippen LogP contribution in [0.4, 0.5) is 22.8 Å². The summed E-state index contributed by atoms with van der Waals surface area (Å²) in [5.74, 6) is -4.62. The molecule has 4 amide bonds. The van der Waals surface area contributed by atoms with Crippen LogP contribution in [0.3, 0.4) is 0 Å². The van der Waals surface area contributed by atoms with Crippen molar-refractivity contribution in [1.82, 2.24) is 20.0 Å². The highest BCUT2D eigenvalue weighted by atomic mass is 19.4. The number of halogens is 3. The lowest BCUT2D eigenvalue weighted by Gasteiger charge is -2.37. The van der Waals surface area contributed by atoms with Crippen molar-refractivity contribution < 1.29 is 61.3 Å². The average molecular weight is 855 g/mol. The normalized spacial score (nSPS) is 13.5. The molecule has 0 saturated heterocycles. The summed E-state index contributed by atoms with van der Waals surface area (Å²) in [6, 6.07) is 15.6. The average Bonchev–Trinajstić information content (AvgIpc) is 3.47. The second-order valence-electron chi connectivity index (χ2n) is 16.7. The summed E-state index contributed by atoms with van der Waals surface area (Å²) in [7, 11) is 2.42. The van der Waals surface area contributed by atoms with E-state index in [1.807, 2.05) is 48.5 Å². The fraction of sp³-hybridized carbons (Fsp3) is 0.455. The summed E-state index contributed by atoms with van der Waals surface area (Å²) in [4.78, 5) is 83.6. The molecule has 14 nitrogen and oxygen atoms in total. The van der Waals surface area contributed by atoms with E-state index < -0.39 is 96.9 Å². The molecule has 0 heterocycles. The van der Waals surface area contributed by atoms with Crippen molar-refractivity contribution in [3.8, 4) is 11.1 Å². The Morgan fingerprint density at radius 1 is 0.754 bits per heavy atom. The van der Waals surface area contributed by atoms with Crippen LogP contribution < -0.4 is 5.32 Å². The van der Waals surface area contributed by atoms with Gasteiger partial charge < -0.3 is 34.4 Å². The number of benzene rings is 3. The molecule has 2 atom stereocenters. The molecule has 3 aromatic rings. The van der Waals surface area contributed by atoms with Gasteiger partial charge in [-0.25, -0.2) is 9.59 Å². The molecule has 0 fully saturated rings. The first-order chi connectivity index (χ1) is 28.4. The fourth-order valence-electron chi connectivity index (χ4n) is 6.87. The molecule has 0 saturated carbocycles. The number of likely N-dealkylation sites (N-methyl/N-ethyl adjacent to an activating group) is 2. The number of carbonyl (C=O) groups is 6. The maximum atomic E-state index is 14.8. The van der Waals surface area contributed by atoms with Crippen LogP contribution >= 0.6 is 0 Å². The summed E-state index contributed by atoms with van der Waals surface area (Å²) in [6.07, 6.45) is -8.00. The number of ether oxygens (including phenoxy) is 3. The number of nitrogens with one attached hydrogen (secondary N) is 1. The molecule has 3 aromatic carbocycles. The number of amides is 4. The minimum absolute atomic E-state index is 0.162. The van der Waals surface area contributed by atoms with Crippen LogP contribution in [0.25, 0.3) is 11.1 Å². The largest absolute Gasteiger partial charge is 0.481 e. The lowest BCUT2D eigenvalue weighted by molar-refractivity contribution is -0.160. The van der Waals surface area contributed by atoms with E-state index in [2.05, 4.69) is 5.32 Å². The lowest BCUT2D eigenvalue weighted by atomic mass is 9.98. The molecule has 0 bridgehead atoms. The predicted octanol–water partition coefficient (Wildman–Crippen LogP) is 6.49. The van der Waals surface area contributed by atoms with Gasteiger partial charge in [0.15, 0.2) is 0 Å². The van der Waals surface area contributed by atoms with E-state index in [1.165, 1.54) is 14.1 Å². The number of nitrogens with zero attached hydrogens (tertiary/aromatic N) is 3. The number of esters is 1. The van der Waals surface area contributed by atoms with Crippen LogP contribution in [0.2, 0.25) is 0 Å². The van der Waals surface area contributed by atoms with Crippen molar-refractivity contribution in [3.05, 3.63) is 95.1 Å². The smallest absolute Gasteiger partial charge is 0.416 e. The van der Waals surface area contributed by atoms with Gasteiger partial charge >= 0.3 is 30.3 Å². The number of rotatable bonds is 15. The standard InChI is InChI=1S/C44H53F3N4O10/c1-42(2,3)60-37(54)25-49(7)38(55)35(23-27-17-19-28(20-18-27)44(45,46)47)51(22-21-48-40(57)61-43(4,5)6)39(56)34(24-36(52)53)50(8)41(58)59-26-33-31-15-11-9-13-29(31)30-14-10-12-16-32(30)33/h9-20,33-35H,21-26H2,1-8H3,(H,48,57)(H,52,53)/t34-,35-/m0/s1. The van der Waals surface area contributed by atoms with Crippen molar-refractivity contribution in [1.29, 1.82) is 0 Å². The molecule has 4 rings (SSSR count). The highest BCUT2D eigenvalue weighted by Gasteiger charge is 2.41. The number of fused-ring (bicyclic) bond motifs is 3. The van der Waals surface area contributed by atoms with Gasteiger partial charge in [-0.1, -0.05) is 60.7 Å². The maximum Gasteiger partial charge on any atom is 0.416 e. The summed E-state index contributed by atoms with van der Waals surface area (Å²) in [5.41, 5.74) is 1.08. The summed E-state index contributed by atoms with van der Waals surface area (Å²) in [6.45, 7) is 8.11. The van der Waals surface area contributed by atoms with E-state index >= 15 is 0 Å². The lowest BCUT2D eigenvalue weighted by Crippen LogP contribution is -2.59. The third kappa shape index (κ3) is 13.2. The zero-order chi connectivity index (χ0) is 45.4. The van der Waals surface area contributed by atoms with Crippen LogP contribution in [0.15, 0.2) is 72.8 Å². The Morgan fingerprint density at radius 2 is 1.30 bits per heavy atom. The molecule has 0 aliphatic heterocycles. The highest BCUT2D eigenvalue weighted by molar-refractivity contribution is 5.94. The van der Waals surface area contributed by atoms with E-state index in [0.29, 0.717) is 0 Å². The van der Waals surface area contributed by atoms with E-state index in [-0.39, 0.29) is 24.6 Å². The Hall–Kier alpha value is -6.13. The Balaban J connectivity index is 1.71. The zero-order valence-electron chi connectivity index (χ0n) is 35.5. The van der Waals surface area contributed by atoms with Gasteiger partial charge in [0, 0.05) is 39.5 Å². The van der Waals surface area contributed by atoms with E-state index in [9.17, 15) is 47.0 Å². The summed E-state index contributed by atoms with van der Waals surface area (Å²) < 4.78 is 57.0. The predicted molar refractivity (Wildman–Crippen MR) is 217 cm³/mol. The van der Waals surface area contributed by atoms with E-state index in [0.717, 1.165) is 61.2 Å². The van der Waals surface area contributed by atoms with Gasteiger partial charge in [0.05, 0.1) is 12.0 Å². The van der Waals surface area contributed by atoms with Crippen LogP contribution in [0.1, 0.15) is 76.1 Å². The molecule has 0 unspecified atom stereocenters. The molecule has 0 aromatic heterocycles. The van der Waals surface area contributed by atoms with Crippen LogP contribution in [-0.2, 0) is 46.0 Å². The van der Waals surface area contributed by atoms with Gasteiger partial charge in [0.2, 0.25) is 11.8 Å². The van der Waals surface area contributed by atoms with E-state index in [1.54, 1.807) is 41.5 Å². The molecule has 1 aliphatic rings. The van der Waals surface area contributed by atoms with Crippen molar-refractivity contribution in [2.24, 2.45) is 0 Å². The Labute approximate surface area is 352 Å². The van der Waals surface area contributed by atoms with Crippen molar-refractivity contribution in [3.63, 3.8) is 0 Å². The Bertz CT molecular complexity index is 2030. The monoisotopic (exact) mass is 854 g/mol. The van der Waals surface area contributed by atoms with Gasteiger partial charge in [-0.2, -0.15) is 13.2 Å². The molecule has 0 spiro atoms. The second kappa shape index (κ2) is 19.5. The molecule has 330 valence electrons. The minimum Gasteiger partial charge on any atom is -0.481 e. The topological polar surface area (TPSA) is 172 Å². The van der Waals surface area contributed by atoms with Gasteiger partial charge in [0.25, 0.3) is 0 Å². The minimum atomic E-state index is -4.68. The summed E-state index contributed by atoms with van der Waals surface area (Å²) in [5, 5.41) is 12.5. The van der Waals surface area contributed by atoms with Crippen LogP contribution in [-0.4, -0.2) is 119 Å². The number of carboxylic acids is 1. The number of alkyl halides is 3. The van der Waals surface area contributed by atoms with Crippen molar-refractivity contribution in [2.45, 2.75) is 89.8 Å². The van der Waals surface area contributed by atoms with Gasteiger partial charge in [-0.3, -0.25) is 24.1 Å². The summed E-state index contributed by atoms with van der Waals surface area (Å²) >= 11 is 0. The first-order valence-electron chi connectivity index (χ1n) is 19.6. The molecule has 61 heavy (non-hydrogen) atoms. The van der Waals surface area contributed by atoms with E-state index in [4.69, 9.17) is 14.2 Å².